The summed E-state index contributed by atoms with van der Waals surface area (Å²) < 4.78 is 0. The van der Waals surface area contributed by atoms with Gasteiger partial charge >= 0.3 is 0 Å². The van der Waals surface area contributed by atoms with E-state index in [1.165, 1.54) is 24.8 Å². The van der Waals surface area contributed by atoms with Crippen molar-refractivity contribution in [3.05, 3.63) is 59.2 Å². The largest absolute Gasteiger partial charge is 0.376 e. The number of carbonyl (C=O) groups is 2. The quantitative estimate of drug-likeness (QED) is 0.696. The van der Waals surface area contributed by atoms with Gasteiger partial charge < -0.3 is 16.0 Å². The van der Waals surface area contributed by atoms with Crippen LogP contribution in [-0.2, 0) is 4.79 Å². The van der Waals surface area contributed by atoms with Gasteiger partial charge in [-0.3, -0.25) is 9.59 Å². The predicted octanol–water partition coefficient (Wildman–Crippen LogP) is 4.42. The molecular weight excluding hydrogens is 350 g/mol. The van der Waals surface area contributed by atoms with Gasteiger partial charge in [0.15, 0.2) is 0 Å². The van der Waals surface area contributed by atoms with Crippen molar-refractivity contribution in [1.29, 1.82) is 0 Å². The molecule has 0 bridgehead atoms. The molecule has 5 nitrogen and oxygen atoms in total. The Labute approximate surface area is 166 Å². The van der Waals surface area contributed by atoms with Crippen LogP contribution in [0.4, 0.5) is 11.4 Å². The van der Waals surface area contributed by atoms with Crippen molar-refractivity contribution in [2.75, 3.05) is 17.2 Å². The minimum absolute atomic E-state index is 0.0728. The molecule has 2 aromatic rings. The third-order valence-electron chi connectivity index (χ3n) is 5.17. The normalized spacial score (nSPS) is 14.4. The number of amides is 2. The Bertz CT molecular complexity index is 841. The van der Waals surface area contributed by atoms with Gasteiger partial charge in [-0.25, -0.2) is 0 Å². The van der Waals surface area contributed by atoms with Gasteiger partial charge in [0, 0.05) is 23.0 Å². The van der Waals surface area contributed by atoms with Crippen LogP contribution in [-0.4, -0.2) is 24.4 Å². The van der Waals surface area contributed by atoms with E-state index in [4.69, 9.17) is 0 Å². The molecule has 1 fully saturated rings. The molecule has 148 valence electrons. The summed E-state index contributed by atoms with van der Waals surface area (Å²) in [6, 6.07) is 13.4. The molecule has 5 heteroatoms. The minimum Gasteiger partial charge on any atom is -0.376 e. The van der Waals surface area contributed by atoms with Crippen LogP contribution in [0.2, 0.25) is 0 Å². The molecule has 2 aromatic carbocycles. The van der Waals surface area contributed by atoms with Gasteiger partial charge in [0.25, 0.3) is 5.91 Å². The van der Waals surface area contributed by atoms with Crippen LogP contribution in [0.5, 0.6) is 0 Å². The Hall–Kier alpha value is -2.82. The molecule has 1 aliphatic rings. The molecule has 0 heterocycles. The van der Waals surface area contributed by atoms with Crippen molar-refractivity contribution in [1.82, 2.24) is 5.32 Å². The van der Waals surface area contributed by atoms with Gasteiger partial charge in [0.05, 0.1) is 6.54 Å². The van der Waals surface area contributed by atoms with Gasteiger partial charge in [-0.1, -0.05) is 43.0 Å². The molecular formula is C23H29N3O2. The lowest BCUT2D eigenvalue weighted by Crippen LogP contribution is -2.36. The Morgan fingerprint density at radius 1 is 1.00 bits per heavy atom. The Balaban J connectivity index is 1.54. The highest BCUT2D eigenvalue weighted by molar-refractivity contribution is 5.98. The summed E-state index contributed by atoms with van der Waals surface area (Å²) in [5, 5.41) is 9.13. The number of hydrogen-bond donors (Lipinski definition) is 3. The molecule has 3 rings (SSSR count). The minimum atomic E-state index is -0.148. The molecule has 0 atom stereocenters. The van der Waals surface area contributed by atoms with Gasteiger partial charge in [-0.15, -0.1) is 0 Å². The third-order valence-corrected chi connectivity index (χ3v) is 5.17. The molecule has 0 unspecified atom stereocenters. The van der Waals surface area contributed by atoms with Gasteiger partial charge in [0.1, 0.15) is 0 Å². The summed E-state index contributed by atoms with van der Waals surface area (Å²) in [5.41, 5.74) is 4.45. The number of nitrogens with one attached hydrogen (secondary N) is 3. The molecule has 3 N–H and O–H groups in total. The van der Waals surface area contributed by atoms with E-state index in [9.17, 15) is 9.59 Å². The first-order valence-corrected chi connectivity index (χ1v) is 10.0. The second kappa shape index (κ2) is 9.40. The zero-order chi connectivity index (χ0) is 19.9. The van der Waals surface area contributed by atoms with E-state index >= 15 is 0 Å². The number of anilines is 2. The lowest BCUT2D eigenvalue weighted by Gasteiger charge is -2.22. The average molecular weight is 380 g/mol. The number of rotatable bonds is 6. The van der Waals surface area contributed by atoms with Crippen LogP contribution < -0.4 is 16.0 Å². The fourth-order valence-electron chi connectivity index (χ4n) is 3.65. The lowest BCUT2D eigenvalue weighted by atomic mass is 9.95. The SMILES string of the molecule is Cc1ccc(NCC(=O)Nc2cccc(C(=O)NC3CCCCC3)c2)c(C)c1. The van der Waals surface area contributed by atoms with E-state index in [1.54, 1.807) is 24.3 Å². The molecule has 28 heavy (non-hydrogen) atoms. The molecule has 0 spiro atoms. The monoisotopic (exact) mass is 379 g/mol. The molecule has 0 radical (unpaired) electrons. The Kier molecular flexibility index (Phi) is 6.69. The fourth-order valence-corrected chi connectivity index (χ4v) is 3.65. The maximum atomic E-state index is 12.5. The summed E-state index contributed by atoms with van der Waals surface area (Å²) in [6.45, 7) is 4.23. The molecule has 2 amide bonds. The smallest absolute Gasteiger partial charge is 0.251 e. The fraction of sp³-hybridized carbons (Fsp3) is 0.391. The lowest BCUT2D eigenvalue weighted by molar-refractivity contribution is -0.114. The van der Waals surface area contributed by atoms with Crippen LogP contribution in [0.25, 0.3) is 0 Å². The summed E-state index contributed by atoms with van der Waals surface area (Å²) in [5.74, 6) is -0.221. The number of carbonyl (C=O) groups excluding carboxylic acids is 2. The summed E-state index contributed by atoms with van der Waals surface area (Å²) in [4.78, 5) is 24.8. The maximum absolute atomic E-state index is 12.5. The van der Waals surface area contributed by atoms with Crippen molar-refractivity contribution in [2.24, 2.45) is 0 Å². The zero-order valence-corrected chi connectivity index (χ0v) is 16.7. The van der Waals surface area contributed by atoms with Crippen LogP contribution >= 0.6 is 0 Å². The standard InChI is InChI=1S/C23H29N3O2/c1-16-11-12-21(17(2)13-16)24-15-22(27)25-20-10-6-7-18(14-20)23(28)26-19-8-4-3-5-9-19/h6-7,10-14,19,24H,3-5,8-9,15H2,1-2H3,(H,25,27)(H,26,28). The van der Waals surface area contributed by atoms with E-state index in [1.807, 2.05) is 26.0 Å². The molecule has 0 aromatic heterocycles. The second-order valence-corrected chi connectivity index (χ2v) is 7.61. The van der Waals surface area contributed by atoms with Gasteiger partial charge in [-0.05, 0) is 56.5 Å². The van der Waals surface area contributed by atoms with Gasteiger partial charge in [-0.2, -0.15) is 0 Å². The van der Waals surface area contributed by atoms with Crippen LogP contribution in [0.3, 0.4) is 0 Å². The highest BCUT2D eigenvalue weighted by atomic mass is 16.2. The molecule has 0 aliphatic heterocycles. The summed E-state index contributed by atoms with van der Waals surface area (Å²) in [7, 11) is 0. The van der Waals surface area contributed by atoms with Crippen LogP contribution in [0.1, 0.15) is 53.6 Å². The van der Waals surface area contributed by atoms with Crippen molar-refractivity contribution >= 4 is 23.2 Å². The number of aryl methyl sites for hydroxylation is 2. The van der Waals surface area contributed by atoms with E-state index in [2.05, 4.69) is 22.0 Å². The van der Waals surface area contributed by atoms with E-state index in [-0.39, 0.29) is 24.4 Å². The first-order chi connectivity index (χ1) is 13.5. The summed E-state index contributed by atoms with van der Waals surface area (Å²) >= 11 is 0. The van der Waals surface area contributed by atoms with E-state index in [0.717, 1.165) is 24.1 Å². The highest BCUT2D eigenvalue weighted by Crippen LogP contribution is 2.19. The van der Waals surface area contributed by atoms with Gasteiger partial charge in [0.2, 0.25) is 5.91 Å². The molecule has 1 saturated carbocycles. The summed E-state index contributed by atoms with van der Waals surface area (Å²) in [6.07, 6.45) is 5.70. The average Bonchev–Trinajstić information content (AvgIpc) is 2.68. The Morgan fingerprint density at radius 2 is 1.79 bits per heavy atom. The second-order valence-electron chi connectivity index (χ2n) is 7.61. The van der Waals surface area contributed by atoms with Crippen molar-refractivity contribution in [2.45, 2.75) is 52.0 Å². The van der Waals surface area contributed by atoms with Crippen molar-refractivity contribution < 1.29 is 9.59 Å². The van der Waals surface area contributed by atoms with Crippen molar-refractivity contribution in [3.63, 3.8) is 0 Å². The number of hydrogen-bond acceptors (Lipinski definition) is 3. The first-order valence-electron chi connectivity index (χ1n) is 10.0. The topological polar surface area (TPSA) is 70.2 Å². The van der Waals surface area contributed by atoms with E-state index in [0.29, 0.717) is 11.3 Å². The number of benzene rings is 2. The molecule has 1 aliphatic carbocycles. The predicted molar refractivity (Wildman–Crippen MR) is 114 cm³/mol. The Morgan fingerprint density at radius 3 is 2.54 bits per heavy atom. The zero-order valence-electron chi connectivity index (χ0n) is 16.7. The van der Waals surface area contributed by atoms with E-state index < -0.39 is 0 Å². The first kappa shape index (κ1) is 19.9. The van der Waals surface area contributed by atoms with Crippen molar-refractivity contribution in [3.8, 4) is 0 Å². The maximum Gasteiger partial charge on any atom is 0.251 e. The third kappa shape index (κ3) is 5.59. The molecule has 0 saturated heterocycles. The highest BCUT2D eigenvalue weighted by Gasteiger charge is 2.17. The van der Waals surface area contributed by atoms with Crippen LogP contribution in [0, 0.1) is 13.8 Å². The van der Waals surface area contributed by atoms with Crippen LogP contribution in [0.15, 0.2) is 42.5 Å².